The number of nitrogens with zero attached hydrogens (tertiary/aromatic N) is 1. The zero-order valence-electron chi connectivity index (χ0n) is 10.8. The molecular formula is C11H18N2O5. The Morgan fingerprint density at radius 1 is 1.33 bits per heavy atom. The van der Waals surface area contributed by atoms with Gasteiger partial charge in [0, 0.05) is 26.3 Å². The number of methoxy groups -OCH3 is 1. The second kappa shape index (κ2) is 6.34. The molecule has 1 amide bonds. The molecule has 0 saturated carbocycles. The molecule has 18 heavy (non-hydrogen) atoms. The fourth-order valence-electron chi connectivity index (χ4n) is 2.00. The Hall–Kier alpha value is -1.63. The highest BCUT2D eigenvalue weighted by molar-refractivity contribution is 5.73. The molecular weight excluding hydrogens is 240 g/mol. The lowest BCUT2D eigenvalue weighted by atomic mass is 10.1. The zero-order chi connectivity index (χ0) is 13.7. The van der Waals surface area contributed by atoms with Crippen LogP contribution in [-0.4, -0.2) is 48.7 Å². The van der Waals surface area contributed by atoms with E-state index in [0.717, 1.165) is 0 Å². The summed E-state index contributed by atoms with van der Waals surface area (Å²) in [5.74, 6) is -0.964. The molecule has 102 valence electrons. The summed E-state index contributed by atoms with van der Waals surface area (Å²) in [7, 11) is 1.31. The van der Waals surface area contributed by atoms with E-state index in [1.807, 2.05) is 0 Å². The predicted octanol–water partition coefficient (Wildman–Crippen LogP) is -0.393. The number of hydrazine groups is 1. The summed E-state index contributed by atoms with van der Waals surface area (Å²) in [4.78, 5) is 33.2. The van der Waals surface area contributed by atoms with Crippen LogP contribution in [0.1, 0.15) is 26.7 Å². The van der Waals surface area contributed by atoms with Crippen LogP contribution >= 0.6 is 0 Å². The van der Waals surface area contributed by atoms with E-state index in [0.29, 0.717) is 13.0 Å². The molecule has 1 fully saturated rings. The summed E-state index contributed by atoms with van der Waals surface area (Å²) < 4.78 is 9.68. The summed E-state index contributed by atoms with van der Waals surface area (Å²) in [6, 6.07) is -0.217. The molecule has 0 aromatic carbocycles. The normalized spacial score (nSPS) is 23.5. The van der Waals surface area contributed by atoms with Gasteiger partial charge in [0.05, 0.1) is 20.1 Å². The SMILES string of the molecule is COC(=O)C[C@H]1C[C@H](OC(C)=O)CN1NC(C)=O. The molecule has 1 N–H and O–H groups in total. The van der Waals surface area contributed by atoms with Gasteiger partial charge in [-0.15, -0.1) is 0 Å². The van der Waals surface area contributed by atoms with Crippen molar-refractivity contribution in [2.45, 2.75) is 38.8 Å². The fraction of sp³-hybridized carbons (Fsp3) is 0.727. The minimum atomic E-state index is -0.374. The third-order valence-electron chi connectivity index (χ3n) is 2.64. The molecule has 0 bridgehead atoms. The third kappa shape index (κ3) is 4.33. The van der Waals surface area contributed by atoms with E-state index in [1.54, 1.807) is 5.01 Å². The van der Waals surface area contributed by atoms with Crippen LogP contribution in [0.25, 0.3) is 0 Å². The molecule has 0 radical (unpaired) electrons. The molecule has 1 rings (SSSR count). The second-order valence-corrected chi connectivity index (χ2v) is 4.22. The standard InChI is InChI=1S/C11H18N2O5/c1-7(14)12-13-6-10(18-8(2)15)4-9(13)5-11(16)17-3/h9-10H,4-6H2,1-3H3,(H,12,14)/t9-,10+/m1/s1. The maximum atomic E-state index is 11.3. The summed E-state index contributed by atoms with van der Waals surface area (Å²) in [5, 5.41) is 1.62. The molecule has 0 spiro atoms. The van der Waals surface area contributed by atoms with Crippen molar-refractivity contribution in [2.24, 2.45) is 0 Å². The van der Waals surface area contributed by atoms with E-state index in [-0.39, 0.29) is 36.4 Å². The summed E-state index contributed by atoms with van der Waals surface area (Å²) in [5.41, 5.74) is 2.62. The monoisotopic (exact) mass is 258 g/mol. The summed E-state index contributed by atoms with van der Waals surface area (Å²) >= 11 is 0. The first-order valence-electron chi connectivity index (χ1n) is 5.70. The largest absolute Gasteiger partial charge is 0.469 e. The highest BCUT2D eigenvalue weighted by Crippen LogP contribution is 2.21. The smallest absolute Gasteiger partial charge is 0.307 e. The molecule has 1 aliphatic rings. The molecule has 1 heterocycles. The maximum absolute atomic E-state index is 11.3. The maximum Gasteiger partial charge on any atom is 0.307 e. The van der Waals surface area contributed by atoms with Crippen LogP contribution in [-0.2, 0) is 23.9 Å². The van der Waals surface area contributed by atoms with Crippen molar-refractivity contribution in [1.82, 2.24) is 10.4 Å². The van der Waals surface area contributed by atoms with E-state index in [2.05, 4.69) is 10.2 Å². The second-order valence-electron chi connectivity index (χ2n) is 4.22. The first-order valence-corrected chi connectivity index (χ1v) is 5.70. The van der Waals surface area contributed by atoms with Crippen molar-refractivity contribution in [3.05, 3.63) is 0 Å². The van der Waals surface area contributed by atoms with Gasteiger partial charge in [0.1, 0.15) is 6.10 Å². The highest BCUT2D eigenvalue weighted by Gasteiger charge is 2.36. The van der Waals surface area contributed by atoms with Gasteiger partial charge in [-0.1, -0.05) is 0 Å². The van der Waals surface area contributed by atoms with Crippen LogP contribution in [0.15, 0.2) is 0 Å². The Bertz CT molecular complexity index is 344. The van der Waals surface area contributed by atoms with Crippen LogP contribution in [0, 0.1) is 0 Å². The Balaban J connectivity index is 2.62. The first kappa shape index (κ1) is 14.4. The van der Waals surface area contributed by atoms with Crippen molar-refractivity contribution in [1.29, 1.82) is 0 Å². The minimum absolute atomic E-state index is 0.147. The Kier molecular flexibility index (Phi) is 5.08. The molecule has 1 aliphatic heterocycles. The first-order chi connectivity index (χ1) is 8.42. The van der Waals surface area contributed by atoms with Crippen molar-refractivity contribution in [3.8, 4) is 0 Å². The van der Waals surface area contributed by atoms with Crippen molar-refractivity contribution in [2.75, 3.05) is 13.7 Å². The molecule has 0 unspecified atom stereocenters. The number of hydrogen-bond donors (Lipinski definition) is 1. The van der Waals surface area contributed by atoms with Crippen LogP contribution < -0.4 is 5.43 Å². The van der Waals surface area contributed by atoms with E-state index >= 15 is 0 Å². The van der Waals surface area contributed by atoms with E-state index < -0.39 is 0 Å². The Morgan fingerprint density at radius 3 is 2.50 bits per heavy atom. The van der Waals surface area contributed by atoms with Crippen LogP contribution in [0.3, 0.4) is 0 Å². The average molecular weight is 258 g/mol. The van der Waals surface area contributed by atoms with Gasteiger partial charge in [-0.05, 0) is 0 Å². The van der Waals surface area contributed by atoms with Gasteiger partial charge >= 0.3 is 11.9 Å². The van der Waals surface area contributed by atoms with E-state index in [1.165, 1.54) is 21.0 Å². The average Bonchev–Trinajstić information content (AvgIpc) is 2.58. The van der Waals surface area contributed by atoms with Crippen LogP contribution in [0.5, 0.6) is 0 Å². The van der Waals surface area contributed by atoms with Crippen LogP contribution in [0.4, 0.5) is 0 Å². The van der Waals surface area contributed by atoms with Gasteiger partial charge in [0.25, 0.3) is 0 Å². The number of esters is 2. The van der Waals surface area contributed by atoms with Crippen molar-refractivity contribution >= 4 is 17.8 Å². The molecule has 1 saturated heterocycles. The molecule has 2 atom stereocenters. The van der Waals surface area contributed by atoms with Crippen LogP contribution in [0.2, 0.25) is 0 Å². The molecule has 0 aromatic heterocycles. The van der Waals surface area contributed by atoms with E-state index in [9.17, 15) is 14.4 Å². The Morgan fingerprint density at radius 2 is 2.00 bits per heavy atom. The topological polar surface area (TPSA) is 84.9 Å². The lowest BCUT2D eigenvalue weighted by Gasteiger charge is -2.22. The number of carbonyl (C=O) groups excluding carboxylic acids is 3. The number of amides is 1. The molecule has 7 nitrogen and oxygen atoms in total. The third-order valence-corrected chi connectivity index (χ3v) is 2.64. The molecule has 7 heteroatoms. The quantitative estimate of drug-likeness (QED) is 0.691. The number of hydrogen-bond acceptors (Lipinski definition) is 6. The van der Waals surface area contributed by atoms with Gasteiger partial charge in [0.2, 0.25) is 5.91 Å². The highest BCUT2D eigenvalue weighted by atomic mass is 16.5. The summed E-state index contributed by atoms with van der Waals surface area (Å²) in [6.07, 6.45) is 0.327. The number of ether oxygens (including phenoxy) is 2. The lowest BCUT2D eigenvalue weighted by molar-refractivity contribution is -0.145. The number of rotatable bonds is 4. The number of nitrogens with one attached hydrogen (secondary N) is 1. The van der Waals surface area contributed by atoms with Gasteiger partial charge in [-0.2, -0.15) is 0 Å². The minimum Gasteiger partial charge on any atom is -0.469 e. The van der Waals surface area contributed by atoms with Crippen molar-refractivity contribution < 1.29 is 23.9 Å². The fourth-order valence-corrected chi connectivity index (χ4v) is 2.00. The van der Waals surface area contributed by atoms with Crippen molar-refractivity contribution in [3.63, 3.8) is 0 Å². The predicted molar refractivity (Wildman–Crippen MR) is 61.1 cm³/mol. The zero-order valence-corrected chi connectivity index (χ0v) is 10.8. The van der Waals surface area contributed by atoms with E-state index in [4.69, 9.17) is 4.74 Å². The van der Waals surface area contributed by atoms with Gasteiger partial charge in [-0.3, -0.25) is 19.8 Å². The van der Waals surface area contributed by atoms with Gasteiger partial charge < -0.3 is 9.47 Å². The Labute approximate surface area is 105 Å². The van der Waals surface area contributed by atoms with Gasteiger partial charge in [-0.25, -0.2) is 5.01 Å². The molecule has 0 aliphatic carbocycles. The number of carbonyl (C=O) groups is 3. The lowest BCUT2D eigenvalue weighted by Crippen LogP contribution is -2.45. The summed E-state index contributed by atoms with van der Waals surface area (Å²) in [6.45, 7) is 3.09. The molecule has 0 aromatic rings. The van der Waals surface area contributed by atoms with Gasteiger partial charge in [0.15, 0.2) is 0 Å².